The summed E-state index contributed by atoms with van der Waals surface area (Å²) in [4.78, 5) is 24.3. The highest BCUT2D eigenvalue weighted by atomic mass is 19.3. The summed E-state index contributed by atoms with van der Waals surface area (Å²) in [6.07, 6.45) is 0. The molecule has 2 amide bonds. The summed E-state index contributed by atoms with van der Waals surface area (Å²) >= 11 is 0. The topological polar surface area (TPSA) is 76.7 Å². The highest BCUT2D eigenvalue weighted by molar-refractivity contribution is 6.00. The lowest BCUT2D eigenvalue weighted by Gasteiger charge is -2.12. The van der Waals surface area contributed by atoms with Crippen molar-refractivity contribution in [3.05, 3.63) is 58.7 Å². The Kier molecular flexibility index (Phi) is 6.11. The van der Waals surface area contributed by atoms with E-state index < -0.39 is 18.4 Å². The number of benzene rings is 2. The maximum atomic E-state index is 12.3. The molecule has 6 nitrogen and oxygen atoms in total. The molecule has 0 atom stereocenters. The van der Waals surface area contributed by atoms with E-state index in [4.69, 9.17) is 4.74 Å². The molecule has 0 unspecified atom stereocenters. The molecule has 2 N–H and O–H groups in total. The monoisotopic (exact) mass is 364 g/mol. The molecule has 0 aliphatic heterocycles. The quantitative estimate of drug-likeness (QED) is 0.800. The summed E-state index contributed by atoms with van der Waals surface area (Å²) in [7, 11) is 1.26. The number of amides is 2. The van der Waals surface area contributed by atoms with Gasteiger partial charge in [0.05, 0.1) is 7.11 Å². The first-order valence-electron chi connectivity index (χ1n) is 7.62. The van der Waals surface area contributed by atoms with E-state index in [1.807, 2.05) is 13.0 Å². The van der Waals surface area contributed by atoms with Crippen molar-refractivity contribution in [2.75, 3.05) is 7.11 Å². The zero-order chi connectivity index (χ0) is 19.3. The molecule has 0 saturated heterocycles. The first kappa shape index (κ1) is 19.2. The van der Waals surface area contributed by atoms with Crippen LogP contribution in [0.4, 0.5) is 8.78 Å². The van der Waals surface area contributed by atoms with Crippen LogP contribution >= 0.6 is 0 Å². The number of nitrogens with one attached hydrogen (secondary N) is 2. The molecule has 2 aromatic carbocycles. The predicted molar refractivity (Wildman–Crippen MR) is 90.5 cm³/mol. The molecule has 0 spiro atoms. The molecule has 0 saturated carbocycles. The molecule has 0 aliphatic rings. The Bertz CT molecular complexity index is 825. The van der Waals surface area contributed by atoms with Crippen LogP contribution in [0, 0.1) is 13.8 Å². The van der Waals surface area contributed by atoms with Gasteiger partial charge in [-0.25, -0.2) is 0 Å². The number of aryl methyl sites for hydroxylation is 2. The maximum Gasteiger partial charge on any atom is 0.387 e. The maximum absolute atomic E-state index is 12.3. The number of halogens is 2. The minimum Gasteiger partial charge on any atom is -0.493 e. The smallest absolute Gasteiger partial charge is 0.387 e. The second kappa shape index (κ2) is 8.28. The number of methoxy groups -OCH3 is 1. The average Bonchev–Trinajstić information content (AvgIpc) is 2.59. The van der Waals surface area contributed by atoms with Crippen LogP contribution in [0.5, 0.6) is 11.5 Å². The normalized spacial score (nSPS) is 10.4. The largest absolute Gasteiger partial charge is 0.493 e. The second-order valence-electron chi connectivity index (χ2n) is 5.47. The highest BCUT2D eigenvalue weighted by Gasteiger charge is 2.15. The summed E-state index contributed by atoms with van der Waals surface area (Å²) in [6, 6.07) is 8.99. The number of hydrogen-bond donors (Lipinski definition) is 2. The SMILES string of the molecule is COc1cc(C(=O)NNC(=O)c2ccc(C)cc2C)ccc1OC(F)F. The third-order valence-corrected chi connectivity index (χ3v) is 3.56. The molecular weight excluding hydrogens is 346 g/mol. The summed E-state index contributed by atoms with van der Waals surface area (Å²) in [5.74, 6) is -1.33. The number of ether oxygens (including phenoxy) is 2. The third-order valence-electron chi connectivity index (χ3n) is 3.56. The molecule has 0 aromatic heterocycles. The van der Waals surface area contributed by atoms with Gasteiger partial charge in [0.25, 0.3) is 11.8 Å². The van der Waals surface area contributed by atoms with Gasteiger partial charge < -0.3 is 9.47 Å². The molecule has 2 aromatic rings. The number of hydrogen-bond acceptors (Lipinski definition) is 4. The van der Waals surface area contributed by atoms with Crippen LogP contribution in [0.25, 0.3) is 0 Å². The van der Waals surface area contributed by atoms with E-state index in [-0.39, 0.29) is 17.1 Å². The second-order valence-corrected chi connectivity index (χ2v) is 5.47. The molecule has 0 radical (unpaired) electrons. The summed E-state index contributed by atoms with van der Waals surface area (Å²) in [5, 5.41) is 0. The van der Waals surface area contributed by atoms with Gasteiger partial charge in [0.1, 0.15) is 0 Å². The van der Waals surface area contributed by atoms with Gasteiger partial charge in [-0.15, -0.1) is 0 Å². The summed E-state index contributed by atoms with van der Waals surface area (Å²) < 4.78 is 33.9. The van der Waals surface area contributed by atoms with Crippen molar-refractivity contribution in [2.45, 2.75) is 20.5 Å². The van der Waals surface area contributed by atoms with Crippen molar-refractivity contribution in [3.63, 3.8) is 0 Å². The van der Waals surface area contributed by atoms with E-state index in [0.717, 1.165) is 11.1 Å². The molecule has 0 aliphatic carbocycles. The minimum atomic E-state index is -3.01. The van der Waals surface area contributed by atoms with Crippen LogP contribution in [-0.2, 0) is 0 Å². The number of carbonyl (C=O) groups is 2. The van der Waals surface area contributed by atoms with Crippen LogP contribution in [0.15, 0.2) is 36.4 Å². The lowest BCUT2D eigenvalue weighted by Crippen LogP contribution is -2.41. The van der Waals surface area contributed by atoms with E-state index >= 15 is 0 Å². The molecule has 8 heteroatoms. The molecule has 0 fully saturated rings. The average molecular weight is 364 g/mol. The van der Waals surface area contributed by atoms with Crippen molar-refractivity contribution >= 4 is 11.8 Å². The van der Waals surface area contributed by atoms with Gasteiger partial charge in [-0.2, -0.15) is 8.78 Å². The Morgan fingerprint density at radius 1 is 0.962 bits per heavy atom. The summed E-state index contributed by atoms with van der Waals surface area (Å²) in [6.45, 7) is 0.683. The zero-order valence-corrected chi connectivity index (χ0v) is 14.4. The van der Waals surface area contributed by atoms with Crippen molar-refractivity contribution in [3.8, 4) is 11.5 Å². The van der Waals surface area contributed by atoms with Gasteiger partial charge in [0.15, 0.2) is 11.5 Å². The van der Waals surface area contributed by atoms with Gasteiger partial charge >= 0.3 is 6.61 Å². The van der Waals surface area contributed by atoms with Crippen molar-refractivity contribution in [1.82, 2.24) is 10.9 Å². The van der Waals surface area contributed by atoms with E-state index in [9.17, 15) is 18.4 Å². The van der Waals surface area contributed by atoms with Gasteiger partial charge in [-0.05, 0) is 43.7 Å². The zero-order valence-electron chi connectivity index (χ0n) is 14.4. The summed E-state index contributed by atoms with van der Waals surface area (Å²) in [5.41, 5.74) is 6.89. The predicted octanol–water partition coefficient (Wildman–Crippen LogP) is 2.99. The fraction of sp³-hybridized carbons (Fsp3) is 0.222. The van der Waals surface area contributed by atoms with Crippen molar-refractivity contribution < 1.29 is 27.8 Å². The fourth-order valence-corrected chi connectivity index (χ4v) is 2.32. The molecule has 0 heterocycles. The third kappa shape index (κ3) is 4.69. The van der Waals surface area contributed by atoms with E-state index in [0.29, 0.717) is 5.56 Å². The standard InChI is InChI=1S/C18H18F2N2O4/c1-10-4-6-13(11(2)8-10)17(24)22-21-16(23)12-5-7-14(26-18(19)20)15(9-12)25-3/h4-9,18H,1-3H3,(H,21,23)(H,22,24). The number of carbonyl (C=O) groups excluding carboxylic acids is 2. The molecule has 0 bridgehead atoms. The van der Waals surface area contributed by atoms with Crippen LogP contribution in [0.1, 0.15) is 31.8 Å². The van der Waals surface area contributed by atoms with Crippen LogP contribution in [-0.4, -0.2) is 25.5 Å². The lowest BCUT2D eigenvalue weighted by atomic mass is 10.1. The first-order valence-corrected chi connectivity index (χ1v) is 7.62. The number of alkyl halides is 2. The van der Waals surface area contributed by atoms with Crippen LogP contribution < -0.4 is 20.3 Å². The fourth-order valence-electron chi connectivity index (χ4n) is 2.32. The Balaban J connectivity index is 2.06. The molecular formula is C18H18F2N2O4. The minimum absolute atomic E-state index is 0.0290. The first-order chi connectivity index (χ1) is 12.3. The highest BCUT2D eigenvalue weighted by Crippen LogP contribution is 2.29. The van der Waals surface area contributed by atoms with E-state index in [1.165, 1.54) is 25.3 Å². The van der Waals surface area contributed by atoms with Gasteiger partial charge in [0.2, 0.25) is 0 Å². The Morgan fingerprint density at radius 3 is 2.27 bits per heavy atom. The van der Waals surface area contributed by atoms with Gasteiger partial charge in [0, 0.05) is 11.1 Å². The van der Waals surface area contributed by atoms with Crippen molar-refractivity contribution in [1.29, 1.82) is 0 Å². The number of rotatable bonds is 5. The van der Waals surface area contributed by atoms with Crippen LogP contribution in [0.2, 0.25) is 0 Å². The van der Waals surface area contributed by atoms with Gasteiger partial charge in [-0.3, -0.25) is 20.4 Å². The Morgan fingerprint density at radius 2 is 1.65 bits per heavy atom. The molecule has 138 valence electrons. The Labute approximate surface area is 149 Å². The van der Waals surface area contributed by atoms with E-state index in [1.54, 1.807) is 19.1 Å². The van der Waals surface area contributed by atoms with Crippen LogP contribution in [0.3, 0.4) is 0 Å². The van der Waals surface area contributed by atoms with Gasteiger partial charge in [-0.1, -0.05) is 17.7 Å². The van der Waals surface area contributed by atoms with Crippen molar-refractivity contribution in [2.24, 2.45) is 0 Å². The number of hydrazine groups is 1. The Hall–Kier alpha value is -3.16. The van der Waals surface area contributed by atoms with E-state index in [2.05, 4.69) is 15.6 Å². The molecule has 2 rings (SSSR count). The molecule has 26 heavy (non-hydrogen) atoms. The lowest BCUT2D eigenvalue weighted by molar-refractivity contribution is -0.0512.